The molecule has 0 radical (unpaired) electrons. The molecule has 4 aromatic rings. The first-order valence-electron chi connectivity index (χ1n) is 12.4. The van der Waals surface area contributed by atoms with Gasteiger partial charge in [0.25, 0.3) is 5.88 Å². The van der Waals surface area contributed by atoms with Gasteiger partial charge in [0.05, 0.1) is 31.1 Å². The van der Waals surface area contributed by atoms with Crippen LogP contribution in [-0.2, 0) is 12.0 Å². The fourth-order valence-corrected chi connectivity index (χ4v) is 4.70. The number of aliphatic hydroxyl groups is 2. The Morgan fingerprint density at radius 3 is 2.84 bits per heavy atom. The van der Waals surface area contributed by atoms with Gasteiger partial charge in [-0.1, -0.05) is 20.3 Å². The van der Waals surface area contributed by atoms with Gasteiger partial charge in [0.15, 0.2) is 11.4 Å². The quantitative estimate of drug-likeness (QED) is 0.294. The van der Waals surface area contributed by atoms with E-state index >= 15 is 0 Å². The number of fused-ring (bicyclic) bond motifs is 2. The molecule has 194 valence electrons. The maximum Gasteiger partial charge on any atom is 0.257 e. The summed E-state index contributed by atoms with van der Waals surface area (Å²) in [5.41, 5.74) is 3.02. The summed E-state index contributed by atoms with van der Waals surface area (Å²) in [5, 5.41) is 27.5. The molecule has 1 aliphatic heterocycles. The fraction of sp³-hybridized carbons (Fsp3) is 0.423. The Hall–Kier alpha value is -3.83. The van der Waals surface area contributed by atoms with E-state index in [1.165, 1.54) is 6.33 Å². The molecule has 0 spiro atoms. The average molecular weight is 506 g/mol. The Labute approximate surface area is 214 Å². The smallest absolute Gasteiger partial charge is 0.257 e. The SMILES string of the molecule is CCCC(C)(CNc1cc(-c2cnc3c(cnn3CC(O)CO)c2)ncn1)c1ccnc2c1OCCO2. The number of nitrogens with one attached hydrogen (secondary N) is 1. The van der Waals surface area contributed by atoms with E-state index in [9.17, 15) is 5.11 Å². The monoisotopic (exact) mass is 505 g/mol. The molecule has 2 atom stereocenters. The molecule has 37 heavy (non-hydrogen) atoms. The van der Waals surface area contributed by atoms with Crippen molar-refractivity contribution >= 4 is 16.9 Å². The van der Waals surface area contributed by atoms with E-state index in [-0.39, 0.29) is 18.6 Å². The topological polar surface area (TPSA) is 140 Å². The molecule has 0 fully saturated rings. The molecule has 0 aliphatic carbocycles. The van der Waals surface area contributed by atoms with E-state index in [0.29, 0.717) is 37.1 Å². The molecule has 0 saturated heterocycles. The number of hydrogen-bond acceptors (Lipinski definition) is 10. The van der Waals surface area contributed by atoms with Gasteiger partial charge in [0, 0.05) is 46.9 Å². The molecule has 0 saturated carbocycles. The average Bonchev–Trinajstić information content (AvgIpc) is 3.33. The van der Waals surface area contributed by atoms with Crippen molar-refractivity contribution in [2.45, 2.75) is 44.8 Å². The number of anilines is 1. The van der Waals surface area contributed by atoms with Crippen molar-refractivity contribution in [3.05, 3.63) is 48.7 Å². The first kappa shape index (κ1) is 24.8. The van der Waals surface area contributed by atoms with E-state index in [4.69, 9.17) is 14.6 Å². The number of pyridine rings is 2. The maximum atomic E-state index is 9.75. The number of hydrogen-bond donors (Lipinski definition) is 3. The van der Waals surface area contributed by atoms with Gasteiger partial charge in [-0.15, -0.1) is 0 Å². The van der Waals surface area contributed by atoms with Crippen LogP contribution >= 0.6 is 0 Å². The molecule has 4 aromatic heterocycles. The summed E-state index contributed by atoms with van der Waals surface area (Å²) in [4.78, 5) is 17.7. The Morgan fingerprint density at radius 1 is 1.14 bits per heavy atom. The Bertz CT molecular complexity index is 1380. The normalized spacial score (nSPS) is 15.4. The summed E-state index contributed by atoms with van der Waals surface area (Å²) < 4.78 is 13.2. The van der Waals surface area contributed by atoms with E-state index < -0.39 is 6.10 Å². The molecule has 5 heterocycles. The predicted molar refractivity (Wildman–Crippen MR) is 138 cm³/mol. The van der Waals surface area contributed by atoms with Crippen LogP contribution in [-0.4, -0.2) is 72.4 Å². The van der Waals surface area contributed by atoms with Crippen LogP contribution in [0.25, 0.3) is 22.3 Å². The summed E-state index contributed by atoms with van der Waals surface area (Å²) in [5.74, 6) is 1.98. The number of rotatable bonds is 10. The zero-order valence-corrected chi connectivity index (χ0v) is 21.0. The van der Waals surface area contributed by atoms with Crippen molar-refractivity contribution in [2.75, 3.05) is 31.7 Å². The zero-order chi connectivity index (χ0) is 25.8. The summed E-state index contributed by atoms with van der Waals surface area (Å²) >= 11 is 0. The minimum atomic E-state index is -0.893. The van der Waals surface area contributed by atoms with Gasteiger partial charge in [0.1, 0.15) is 25.4 Å². The lowest BCUT2D eigenvalue weighted by Crippen LogP contribution is -2.33. The highest BCUT2D eigenvalue weighted by Crippen LogP contribution is 2.41. The summed E-state index contributed by atoms with van der Waals surface area (Å²) in [6.07, 6.45) is 7.76. The first-order chi connectivity index (χ1) is 18.0. The first-order valence-corrected chi connectivity index (χ1v) is 12.4. The van der Waals surface area contributed by atoms with Gasteiger partial charge in [0.2, 0.25) is 0 Å². The predicted octanol–water partition coefficient (Wildman–Crippen LogP) is 2.58. The van der Waals surface area contributed by atoms with Crippen LogP contribution in [0.3, 0.4) is 0 Å². The van der Waals surface area contributed by atoms with Crippen LogP contribution < -0.4 is 14.8 Å². The van der Waals surface area contributed by atoms with Crippen molar-refractivity contribution in [2.24, 2.45) is 0 Å². The van der Waals surface area contributed by atoms with Crippen molar-refractivity contribution in [1.29, 1.82) is 0 Å². The molecular formula is C26H31N7O4. The lowest BCUT2D eigenvalue weighted by atomic mass is 9.78. The number of aromatic nitrogens is 6. The Morgan fingerprint density at radius 2 is 2.00 bits per heavy atom. The molecule has 0 bridgehead atoms. The molecule has 2 unspecified atom stereocenters. The van der Waals surface area contributed by atoms with E-state index in [0.717, 1.165) is 40.8 Å². The number of nitrogens with zero attached hydrogens (tertiary/aromatic N) is 6. The molecule has 11 nitrogen and oxygen atoms in total. The van der Waals surface area contributed by atoms with E-state index in [2.05, 4.69) is 44.2 Å². The van der Waals surface area contributed by atoms with Gasteiger partial charge >= 0.3 is 0 Å². The number of aliphatic hydroxyl groups excluding tert-OH is 2. The Balaban J connectivity index is 1.37. The van der Waals surface area contributed by atoms with Crippen molar-refractivity contribution in [3.63, 3.8) is 0 Å². The summed E-state index contributed by atoms with van der Waals surface area (Å²) in [6, 6.07) is 5.86. The second-order valence-electron chi connectivity index (χ2n) is 9.44. The van der Waals surface area contributed by atoms with E-state index in [1.807, 2.05) is 18.2 Å². The van der Waals surface area contributed by atoms with Crippen molar-refractivity contribution in [1.82, 2.24) is 29.7 Å². The lowest BCUT2D eigenvalue weighted by Gasteiger charge is -2.33. The Kier molecular flexibility index (Phi) is 7.15. The van der Waals surface area contributed by atoms with Gasteiger partial charge in [-0.2, -0.15) is 5.10 Å². The molecule has 5 rings (SSSR count). The van der Waals surface area contributed by atoms with Crippen molar-refractivity contribution < 1.29 is 19.7 Å². The van der Waals surface area contributed by atoms with Gasteiger partial charge in [-0.25, -0.2) is 24.6 Å². The molecule has 1 aliphatic rings. The minimum Gasteiger partial charge on any atom is -0.484 e. The molecule has 0 aromatic carbocycles. The fourth-order valence-electron chi connectivity index (χ4n) is 4.70. The van der Waals surface area contributed by atoms with Crippen LogP contribution in [0.2, 0.25) is 0 Å². The molecule has 0 amide bonds. The standard InChI is InChI=1S/C26H31N7O4/c1-3-5-26(2,20-4-6-27-25-23(20)36-7-8-37-25)15-29-22-10-21(30-16-31-22)17-9-18-12-32-33(13-19(35)14-34)24(18)28-11-17/h4,6,9-12,16,19,34-35H,3,5,7-8,13-15H2,1-2H3,(H,29,30,31). The minimum absolute atomic E-state index is 0.169. The third-order valence-electron chi connectivity index (χ3n) is 6.59. The highest BCUT2D eigenvalue weighted by Gasteiger charge is 2.32. The van der Waals surface area contributed by atoms with E-state index in [1.54, 1.807) is 23.3 Å². The van der Waals surface area contributed by atoms with Crippen LogP contribution in [0.15, 0.2) is 43.1 Å². The van der Waals surface area contributed by atoms with Crippen LogP contribution in [0, 0.1) is 0 Å². The zero-order valence-electron chi connectivity index (χ0n) is 21.0. The largest absolute Gasteiger partial charge is 0.484 e. The van der Waals surface area contributed by atoms with Crippen LogP contribution in [0.4, 0.5) is 5.82 Å². The summed E-state index contributed by atoms with van der Waals surface area (Å²) in [6.45, 7) is 5.86. The van der Waals surface area contributed by atoms with Crippen LogP contribution in [0.1, 0.15) is 32.3 Å². The molecular weight excluding hydrogens is 474 g/mol. The van der Waals surface area contributed by atoms with Gasteiger partial charge in [-0.05, 0) is 18.6 Å². The summed E-state index contributed by atoms with van der Waals surface area (Å²) in [7, 11) is 0. The highest BCUT2D eigenvalue weighted by atomic mass is 16.6. The second kappa shape index (κ2) is 10.7. The second-order valence-corrected chi connectivity index (χ2v) is 9.44. The van der Waals surface area contributed by atoms with Gasteiger partial charge in [-0.3, -0.25) is 0 Å². The maximum absolute atomic E-state index is 9.75. The number of ether oxygens (including phenoxy) is 2. The highest BCUT2D eigenvalue weighted by molar-refractivity contribution is 5.80. The third-order valence-corrected chi connectivity index (χ3v) is 6.59. The van der Waals surface area contributed by atoms with Crippen LogP contribution in [0.5, 0.6) is 11.6 Å². The molecule has 11 heteroatoms. The third kappa shape index (κ3) is 5.18. The lowest BCUT2D eigenvalue weighted by molar-refractivity contribution is 0.0792. The van der Waals surface area contributed by atoms with Gasteiger partial charge < -0.3 is 25.0 Å². The van der Waals surface area contributed by atoms with Crippen molar-refractivity contribution in [3.8, 4) is 22.9 Å². The molecule has 3 N–H and O–H groups in total.